The molecule has 2 unspecified atom stereocenters. The number of rotatable bonds is 6. The molecular weight excluding hydrogens is 266 g/mol. The van der Waals surface area contributed by atoms with E-state index in [2.05, 4.69) is 5.32 Å². The molecule has 2 amide bonds. The summed E-state index contributed by atoms with van der Waals surface area (Å²) in [5, 5.41) is 2.88. The summed E-state index contributed by atoms with van der Waals surface area (Å²) in [5.74, 6) is -0.586. The number of likely N-dealkylation sites (N-methyl/N-ethyl adjacent to an activating group) is 1. The van der Waals surface area contributed by atoms with Gasteiger partial charge in [-0.05, 0) is 18.4 Å². The zero-order valence-corrected chi connectivity index (χ0v) is 12.6. The van der Waals surface area contributed by atoms with Crippen molar-refractivity contribution < 1.29 is 9.59 Å². The van der Waals surface area contributed by atoms with E-state index in [4.69, 9.17) is 5.73 Å². The molecule has 1 aliphatic carbocycles. The molecule has 1 aromatic rings. The fourth-order valence-electron chi connectivity index (χ4n) is 2.26. The van der Waals surface area contributed by atoms with Crippen molar-refractivity contribution in [2.24, 2.45) is 11.7 Å². The monoisotopic (exact) mass is 289 g/mol. The van der Waals surface area contributed by atoms with Crippen molar-refractivity contribution in [1.82, 2.24) is 10.2 Å². The van der Waals surface area contributed by atoms with Crippen LogP contribution >= 0.6 is 0 Å². The highest BCUT2D eigenvalue weighted by Crippen LogP contribution is 2.21. The van der Waals surface area contributed by atoms with Crippen LogP contribution < -0.4 is 11.1 Å². The van der Waals surface area contributed by atoms with Crippen LogP contribution in [0.15, 0.2) is 30.3 Å². The fraction of sp³-hybridized carbons (Fsp3) is 0.500. The Balaban J connectivity index is 1.89. The maximum Gasteiger partial charge on any atom is 0.239 e. The van der Waals surface area contributed by atoms with Crippen molar-refractivity contribution in [1.29, 1.82) is 0 Å². The Hall–Kier alpha value is -1.88. The predicted molar refractivity (Wildman–Crippen MR) is 81.3 cm³/mol. The van der Waals surface area contributed by atoms with Gasteiger partial charge in [-0.15, -0.1) is 0 Å². The molecule has 0 saturated heterocycles. The minimum absolute atomic E-state index is 0.0845. The quantitative estimate of drug-likeness (QED) is 0.822. The van der Waals surface area contributed by atoms with E-state index in [0.717, 1.165) is 18.4 Å². The minimum Gasteiger partial charge on any atom is -0.352 e. The van der Waals surface area contributed by atoms with E-state index in [0.29, 0.717) is 6.04 Å². The number of hydrogen-bond donors (Lipinski definition) is 2. The lowest BCUT2D eigenvalue weighted by atomic mass is 9.94. The second-order valence-electron chi connectivity index (χ2n) is 5.76. The average Bonchev–Trinajstić information content (AvgIpc) is 3.29. The third-order valence-electron chi connectivity index (χ3n) is 3.81. The lowest BCUT2D eigenvalue weighted by Gasteiger charge is -2.25. The molecule has 0 aliphatic heterocycles. The minimum atomic E-state index is -0.369. The Morgan fingerprint density at radius 1 is 1.33 bits per heavy atom. The molecule has 0 radical (unpaired) electrons. The van der Waals surface area contributed by atoms with Gasteiger partial charge in [0.25, 0.3) is 0 Å². The predicted octanol–water partition coefficient (Wildman–Crippen LogP) is 1.06. The van der Waals surface area contributed by atoms with Gasteiger partial charge in [-0.2, -0.15) is 0 Å². The lowest BCUT2D eigenvalue weighted by molar-refractivity contribution is -0.138. The van der Waals surface area contributed by atoms with E-state index in [1.165, 1.54) is 4.90 Å². The first-order valence-electron chi connectivity index (χ1n) is 7.34. The summed E-state index contributed by atoms with van der Waals surface area (Å²) in [6, 6.07) is 9.48. The van der Waals surface area contributed by atoms with E-state index in [1.54, 1.807) is 14.0 Å². The van der Waals surface area contributed by atoms with Crippen LogP contribution in [0.3, 0.4) is 0 Å². The van der Waals surface area contributed by atoms with E-state index in [1.807, 2.05) is 30.3 Å². The van der Waals surface area contributed by atoms with Gasteiger partial charge in [0.2, 0.25) is 11.8 Å². The summed E-state index contributed by atoms with van der Waals surface area (Å²) in [6.07, 6.45) is 2.08. The molecule has 2 atom stereocenters. The standard InChI is InChI=1S/C16H23N3O2/c1-11(15(17)12-6-4-3-5-7-12)16(21)19(2)10-14(20)18-13-8-9-13/h3-7,11,13,15H,8-10,17H2,1-2H3,(H,18,20). The SMILES string of the molecule is CC(C(=O)N(C)CC(=O)NC1CC1)C(N)c1ccccc1. The van der Waals surface area contributed by atoms with Gasteiger partial charge < -0.3 is 16.0 Å². The molecule has 114 valence electrons. The Morgan fingerprint density at radius 3 is 2.52 bits per heavy atom. The molecule has 1 aromatic carbocycles. The maximum atomic E-state index is 12.4. The molecule has 0 bridgehead atoms. The molecule has 5 heteroatoms. The zero-order valence-electron chi connectivity index (χ0n) is 12.6. The largest absolute Gasteiger partial charge is 0.352 e. The second kappa shape index (κ2) is 6.72. The third-order valence-corrected chi connectivity index (χ3v) is 3.81. The highest BCUT2D eigenvalue weighted by molar-refractivity contribution is 5.86. The van der Waals surface area contributed by atoms with Crippen molar-refractivity contribution in [3.63, 3.8) is 0 Å². The van der Waals surface area contributed by atoms with Crippen LogP contribution in [0.2, 0.25) is 0 Å². The zero-order chi connectivity index (χ0) is 15.4. The summed E-state index contributed by atoms with van der Waals surface area (Å²) in [6.45, 7) is 1.89. The van der Waals surface area contributed by atoms with E-state index < -0.39 is 0 Å². The smallest absolute Gasteiger partial charge is 0.239 e. The van der Waals surface area contributed by atoms with Gasteiger partial charge in [0.1, 0.15) is 0 Å². The number of carbonyl (C=O) groups is 2. The van der Waals surface area contributed by atoms with Gasteiger partial charge in [-0.1, -0.05) is 37.3 Å². The van der Waals surface area contributed by atoms with E-state index in [9.17, 15) is 9.59 Å². The van der Waals surface area contributed by atoms with Gasteiger partial charge in [0.05, 0.1) is 12.5 Å². The van der Waals surface area contributed by atoms with Crippen LogP contribution in [0, 0.1) is 5.92 Å². The Kier molecular flexibility index (Phi) is 4.96. The molecule has 0 spiro atoms. The maximum absolute atomic E-state index is 12.4. The Morgan fingerprint density at radius 2 is 1.95 bits per heavy atom. The Bertz CT molecular complexity index is 500. The molecule has 5 nitrogen and oxygen atoms in total. The molecule has 1 aliphatic rings. The molecule has 3 N–H and O–H groups in total. The van der Waals surface area contributed by atoms with Crippen molar-refractivity contribution in [3.8, 4) is 0 Å². The summed E-state index contributed by atoms with van der Waals surface area (Å²) >= 11 is 0. The normalized spacial score (nSPS) is 16.9. The van der Waals surface area contributed by atoms with E-state index in [-0.39, 0.29) is 30.3 Å². The highest BCUT2D eigenvalue weighted by Gasteiger charge is 2.28. The summed E-state index contributed by atoms with van der Waals surface area (Å²) in [7, 11) is 1.64. The van der Waals surface area contributed by atoms with Gasteiger partial charge in [0.15, 0.2) is 0 Å². The Labute approximate surface area is 125 Å². The first-order valence-corrected chi connectivity index (χ1v) is 7.34. The first kappa shape index (κ1) is 15.5. The van der Waals surface area contributed by atoms with Gasteiger partial charge in [-0.3, -0.25) is 9.59 Å². The molecule has 2 rings (SSSR count). The van der Waals surface area contributed by atoms with E-state index >= 15 is 0 Å². The lowest BCUT2D eigenvalue weighted by Crippen LogP contribution is -2.43. The molecular formula is C16H23N3O2. The topological polar surface area (TPSA) is 75.4 Å². The van der Waals surface area contributed by atoms with Crippen LogP contribution in [0.4, 0.5) is 0 Å². The number of hydrogen-bond acceptors (Lipinski definition) is 3. The fourth-order valence-corrected chi connectivity index (χ4v) is 2.26. The molecule has 0 heterocycles. The number of carbonyl (C=O) groups excluding carboxylic acids is 2. The number of amides is 2. The van der Waals surface area contributed by atoms with Crippen LogP contribution in [0.1, 0.15) is 31.4 Å². The highest BCUT2D eigenvalue weighted by atomic mass is 16.2. The van der Waals surface area contributed by atoms with Crippen molar-refractivity contribution in [2.45, 2.75) is 31.8 Å². The summed E-state index contributed by atoms with van der Waals surface area (Å²) < 4.78 is 0. The van der Waals surface area contributed by atoms with Crippen LogP contribution in [0.5, 0.6) is 0 Å². The van der Waals surface area contributed by atoms with Crippen LogP contribution in [0.25, 0.3) is 0 Å². The summed E-state index contributed by atoms with van der Waals surface area (Å²) in [4.78, 5) is 25.5. The third kappa shape index (κ3) is 4.29. The van der Waals surface area contributed by atoms with Crippen LogP contribution in [-0.2, 0) is 9.59 Å². The molecule has 21 heavy (non-hydrogen) atoms. The number of nitrogens with one attached hydrogen (secondary N) is 1. The first-order chi connectivity index (χ1) is 9.99. The molecule has 1 fully saturated rings. The second-order valence-corrected chi connectivity index (χ2v) is 5.76. The average molecular weight is 289 g/mol. The molecule has 0 aromatic heterocycles. The van der Waals surface area contributed by atoms with Crippen molar-refractivity contribution in [3.05, 3.63) is 35.9 Å². The van der Waals surface area contributed by atoms with Crippen LogP contribution in [-0.4, -0.2) is 36.3 Å². The van der Waals surface area contributed by atoms with Crippen molar-refractivity contribution >= 4 is 11.8 Å². The summed E-state index contributed by atoms with van der Waals surface area (Å²) in [5.41, 5.74) is 7.08. The van der Waals surface area contributed by atoms with Gasteiger partial charge >= 0.3 is 0 Å². The number of benzene rings is 1. The van der Waals surface area contributed by atoms with Crippen molar-refractivity contribution in [2.75, 3.05) is 13.6 Å². The van der Waals surface area contributed by atoms with Gasteiger partial charge in [0, 0.05) is 19.1 Å². The molecule has 1 saturated carbocycles. The number of nitrogens with two attached hydrogens (primary N) is 1. The number of nitrogens with zero attached hydrogens (tertiary/aromatic N) is 1. The van der Waals surface area contributed by atoms with Gasteiger partial charge in [-0.25, -0.2) is 0 Å².